The van der Waals surface area contributed by atoms with Gasteiger partial charge in [-0.1, -0.05) is 5.16 Å². The fourth-order valence-electron chi connectivity index (χ4n) is 3.51. The number of aromatic nitrogens is 2. The predicted octanol–water partition coefficient (Wildman–Crippen LogP) is 2.20. The summed E-state index contributed by atoms with van der Waals surface area (Å²) in [6.07, 6.45) is 6.94. The Morgan fingerprint density at radius 3 is 2.96 bits per heavy atom. The summed E-state index contributed by atoms with van der Waals surface area (Å²) in [5, 5.41) is 4.11. The number of carbonyl (C=O) groups is 1. The Kier molecular flexibility index (Phi) is 4.80. The lowest BCUT2D eigenvalue weighted by atomic mass is 10.2. The number of hydrogen-bond donors (Lipinski definition) is 0. The van der Waals surface area contributed by atoms with Crippen molar-refractivity contribution in [2.75, 3.05) is 26.4 Å². The monoisotopic (exact) mass is 335 g/mol. The average molecular weight is 335 g/mol. The number of hydrogen-bond acceptors (Lipinski definition) is 6. The van der Waals surface area contributed by atoms with E-state index in [1.165, 1.54) is 0 Å². The Hall–Kier alpha value is -1.47. The molecule has 24 heavy (non-hydrogen) atoms. The Bertz CT molecular complexity index is 566. The molecule has 0 bridgehead atoms. The largest absolute Gasteiger partial charge is 0.378 e. The van der Waals surface area contributed by atoms with Gasteiger partial charge in [0.05, 0.1) is 31.8 Å². The van der Waals surface area contributed by atoms with Crippen molar-refractivity contribution in [3.05, 3.63) is 11.7 Å². The highest BCUT2D eigenvalue weighted by atomic mass is 16.5. The number of ether oxygens (including phenoxy) is 2. The van der Waals surface area contributed by atoms with Gasteiger partial charge in [-0.05, 0) is 38.5 Å². The topological polar surface area (TPSA) is 77.7 Å². The summed E-state index contributed by atoms with van der Waals surface area (Å²) < 4.78 is 16.5. The van der Waals surface area contributed by atoms with Crippen LogP contribution in [0.1, 0.15) is 68.6 Å². The van der Waals surface area contributed by atoms with Crippen molar-refractivity contribution in [1.29, 1.82) is 0 Å². The van der Waals surface area contributed by atoms with Crippen LogP contribution in [0.25, 0.3) is 0 Å². The zero-order valence-electron chi connectivity index (χ0n) is 14.0. The smallest absolute Gasteiger partial charge is 0.229 e. The SMILES string of the molecule is O=C(CCOCC1CCCO1)N1CCCC1c1noc(C2CC2)n1. The second kappa shape index (κ2) is 7.19. The predicted molar refractivity (Wildman–Crippen MR) is 84.4 cm³/mol. The number of carbonyl (C=O) groups excluding carboxylic acids is 1. The maximum Gasteiger partial charge on any atom is 0.229 e. The molecule has 1 aromatic rings. The van der Waals surface area contributed by atoms with Gasteiger partial charge in [0.25, 0.3) is 0 Å². The molecule has 4 rings (SSSR count). The second-order valence-electron chi connectivity index (χ2n) is 6.97. The van der Waals surface area contributed by atoms with E-state index in [0.29, 0.717) is 31.4 Å². The van der Waals surface area contributed by atoms with Gasteiger partial charge in [-0.15, -0.1) is 0 Å². The molecule has 7 heteroatoms. The first-order chi connectivity index (χ1) is 11.8. The molecule has 2 unspecified atom stereocenters. The maximum atomic E-state index is 12.5. The van der Waals surface area contributed by atoms with Crippen LogP contribution in [0.3, 0.4) is 0 Å². The van der Waals surface area contributed by atoms with Crippen LogP contribution in [0.15, 0.2) is 4.52 Å². The average Bonchev–Trinajstić information content (AvgIpc) is 3.03. The Morgan fingerprint density at radius 1 is 1.25 bits per heavy atom. The van der Waals surface area contributed by atoms with Crippen molar-refractivity contribution < 1.29 is 18.8 Å². The molecule has 2 saturated heterocycles. The summed E-state index contributed by atoms with van der Waals surface area (Å²) in [6.45, 7) is 2.63. The van der Waals surface area contributed by atoms with Crippen molar-refractivity contribution in [3.8, 4) is 0 Å². The molecular weight excluding hydrogens is 310 g/mol. The normalized spacial score (nSPS) is 27.1. The van der Waals surface area contributed by atoms with Crippen molar-refractivity contribution in [2.45, 2.75) is 63.0 Å². The van der Waals surface area contributed by atoms with Gasteiger partial charge in [0.15, 0.2) is 5.82 Å². The van der Waals surface area contributed by atoms with E-state index in [-0.39, 0.29) is 18.1 Å². The van der Waals surface area contributed by atoms with Crippen LogP contribution < -0.4 is 0 Å². The zero-order valence-corrected chi connectivity index (χ0v) is 14.0. The minimum atomic E-state index is -0.0353. The molecule has 0 N–H and O–H groups in total. The molecule has 2 atom stereocenters. The molecule has 1 saturated carbocycles. The third kappa shape index (κ3) is 3.62. The van der Waals surface area contributed by atoms with Crippen molar-refractivity contribution in [1.82, 2.24) is 15.0 Å². The van der Waals surface area contributed by atoms with Crippen molar-refractivity contribution in [3.63, 3.8) is 0 Å². The number of likely N-dealkylation sites (tertiary alicyclic amines) is 1. The minimum absolute atomic E-state index is 0.0353. The van der Waals surface area contributed by atoms with E-state index in [0.717, 1.165) is 57.6 Å². The second-order valence-corrected chi connectivity index (χ2v) is 6.97. The highest BCUT2D eigenvalue weighted by molar-refractivity contribution is 5.77. The molecule has 3 heterocycles. The Morgan fingerprint density at radius 2 is 2.17 bits per heavy atom. The third-order valence-electron chi connectivity index (χ3n) is 5.04. The summed E-state index contributed by atoms with van der Waals surface area (Å²) in [5.41, 5.74) is 0. The summed E-state index contributed by atoms with van der Waals surface area (Å²) >= 11 is 0. The lowest BCUT2D eigenvalue weighted by molar-refractivity contribution is -0.133. The molecule has 1 amide bonds. The molecule has 7 nitrogen and oxygen atoms in total. The van der Waals surface area contributed by atoms with E-state index in [4.69, 9.17) is 14.0 Å². The first kappa shape index (κ1) is 16.0. The summed E-state index contributed by atoms with van der Waals surface area (Å²) in [7, 11) is 0. The summed E-state index contributed by atoms with van der Waals surface area (Å²) in [4.78, 5) is 18.9. The lowest BCUT2D eigenvalue weighted by Crippen LogP contribution is -2.32. The van der Waals surface area contributed by atoms with Crippen LogP contribution in [0.5, 0.6) is 0 Å². The van der Waals surface area contributed by atoms with Crippen molar-refractivity contribution >= 4 is 5.91 Å². The van der Waals surface area contributed by atoms with Crippen LogP contribution in [-0.2, 0) is 14.3 Å². The van der Waals surface area contributed by atoms with Gasteiger partial charge in [-0.2, -0.15) is 4.98 Å². The van der Waals surface area contributed by atoms with Crippen LogP contribution in [0.2, 0.25) is 0 Å². The van der Waals surface area contributed by atoms with E-state index >= 15 is 0 Å². The van der Waals surface area contributed by atoms with Crippen LogP contribution in [-0.4, -0.2) is 53.4 Å². The van der Waals surface area contributed by atoms with E-state index in [2.05, 4.69) is 10.1 Å². The fraction of sp³-hybridized carbons (Fsp3) is 0.824. The summed E-state index contributed by atoms with van der Waals surface area (Å²) in [6, 6.07) is -0.0353. The molecule has 0 radical (unpaired) electrons. The first-order valence-electron chi connectivity index (χ1n) is 9.13. The van der Waals surface area contributed by atoms with Crippen LogP contribution in [0, 0.1) is 0 Å². The Labute approximate surface area is 141 Å². The fourth-order valence-corrected chi connectivity index (χ4v) is 3.51. The van der Waals surface area contributed by atoms with E-state index in [9.17, 15) is 4.79 Å². The number of amides is 1. The summed E-state index contributed by atoms with van der Waals surface area (Å²) in [5.74, 6) is 1.97. The molecule has 0 aromatic carbocycles. The number of nitrogens with zero attached hydrogens (tertiary/aromatic N) is 3. The van der Waals surface area contributed by atoms with Gasteiger partial charge < -0.3 is 18.9 Å². The van der Waals surface area contributed by atoms with E-state index < -0.39 is 0 Å². The zero-order chi connectivity index (χ0) is 16.4. The molecule has 2 aliphatic heterocycles. The highest BCUT2D eigenvalue weighted by Crippen LogP contribution is 2.40. The van der Waals surface area contributed by atoms with Gasteiger partial charge >= 0.3 is 0 Å². The molecule has 0 spiro atoms. The molecule has 1 aromatic heterocycles. The quantitative estimate of drug-likeness (QED) is 0.711. The molecule has 132 valence electrons. The van der Waals surface area contributed by atoms with Gasteiger partial charge in [0, 0.05) is 19.1 Å². The van der Waals surface area contributed by atoms with E-state index in [1.54, 1.807) is 0 Å². The maximum absolute atomic E-state index is 12.5. The molecule has 3 fully saturated rings. The van der Waals surface area contributed by atoms with Crippen molar-refractivity contribution in [2.24, 2.45) is 0 Å². The van der Waals surface area contributed by atoms with Gasteiger partial charge in [-0.25, -0.2) is 0 Å². The first-order valence-corrected chi connectivity index (χ1v) is 9.13. The highest BCUT2D eigenvalue weighted by Gasteiger charge is 2.35. The van der Waals surface area contributed by atoms with E-state index in [1.807, 2.05) is 4.90 Å². The van der Waals surface area contributed by atoms with Gasteiger partial charge in [0.1, 0.15) is 0 Å². The van der Waals surface area contributed by atoms with Gasteiger partial charge in [0.2, 0.25) is 11.8 Å². The molecular formula is C17H25N3O4. The molecule has 1 aliphatic carbocycles. The third-order valence-corrected chi connectivity index (χ3v) is 5.04. The standard InChI is InChI=1S/C17H25N3O4/c21-15(7-10-22-11-13-3-2-9-23-13)20-8-1-4-14(20)16-18-17(24-19-16)12-5-6-12/h12-14H,1-11H2. The van der Waals surface area contributed by atoms with Crippen LogP contribution >= 0.6 is 0 Å². The number of rotatable bonds is 7. The minimum Gasteiger partial charge on any atom is -0.378 e. The van der Waals surface area contributed by atoms with Crippen LogP contribution in [0.4, 0.5) is 0 Å². The Balaban J connectivity index is 1.26. The van der Waals surface area contributed by atoms with Gasteiger partial charge in [-0.3, -0.25) is 4.79 Å². The lowest BCUT2D eigenvalue weighted by Gasteiger charge is -2.22. The molecule has 3 aliphatic rings.